The third-order valence-corrected chi connectivity index (χ3v) is 2.00. The van der Waals surface area contributed by atoms with Gasteiger partial charge < -0.3 is 9.47 Å². The molecule has 0 radical (unpaired) electrons. The number of ether oxygens (including phenoxy) is 2. The molecule has 17 heavy (non-hydrogen) atoms. The number of H-pyrrole nitrogens is 1. The lowest BCUT2D eigenvalue weighted by atomic mass is 10.4. The Morgan fingerprint density at radius 3 is 2.88 bits per heavy atom. The summed E-state index contributed by atoms with van der Waals surface area (Å²) >= 11 is 0. The van der Waals surface area contributed by atoms with Crippen molar-refractivity contribution in [2.24, 2.45) is 0 Å². The summed E-state index contributed by atoms with van der Waals surface area (Å²) in [6.07, 6.45) is 1.54. The molecule has 2 heterocycles. The predicted molar refractivity (Wildman–Crippen MR) is 56.8 cm³/mol. The summed E-state index contributed by atoms with van der Waals surface area (Å²) in [6.45, 7) is 1.86. The molecule has 0 aromatic carbocycles. The number of carbonyl (C=O) groups is 1. The van der Waals surface area contributed by atoms with Crippen LogP contribution in [0.1, 0.15) is 16.2 Å². The van der Waals surface area contributed by atoms with Gasteiger partial charge in [-0.05, 0) is 19.1 Å². The first kappa shape index (κ1) is 11.1. The maximum atomic E-state index is 11.3. The number of aromatic amines is 1. The van der Waals surface area contributed by atoms with Gasteiger partial charge in [0.05, 0.1) is 13.3 Å². The van der Waals surface area contributed by atoms with Gasteiger partial charge in [-0.1, -0.05) is 5.21 Å². The normalized spacial score (nSPS) is 10.0. The number of aromatic nitrogens is 4. The Labute approximate surface area is 96.8 Å². The second-order valence-electron chi connectivity index (χ2n) is 3.22. The molecule has 0 amide bonds. The van der Waals surface area contributed by atoms with Crippen LogP contribution in [0.3, 0.4) is 0 Å². The number of hydrogen-bond donors (Lipinski definition) is 1. The number of pyridine rings is 1. The highest BCUT2D eigenvalue weighted by atomic mass is 16.5. The van der Waals surface area contributed by atoms with Gasteiger partial charge in [-0.15, -0.1) is 5.10 Å². The fourth-order valence-electron chi connectivity index (χ4n) is 1.15. The molecule has 0 saturated carbocycles. The number of nitrogens with zero attached hydrogens (tertiary/aromatic N) is 3. The lowest BCUT2D eigenvalue weighted by molar-refractivity contribution is 0.0591. The van der Waals surface area contributed by atoms with Crippen molar-refractivity contribution >= 4 is 5.97 Å². The standard InChI is InChI=1S/C10H10N4O3/c1-6-3-4-7(5-11-6)17-9-8(10(15)16-2)12-14-13-9/h3-5H,1-2H3,(H,12,13,14). The van der Waals surface area contributed by atoms with E-state index < -0.39 is 5.97 Å². The van der Waals surface area contributed by atoms with Gasteiger partial charge in [0.25, 0.3) is 5.88 Å². The minimum absolute atomic E-state index is 0.00641. The molecular weight excluding hydrogens is 224 g/mol. The minimum Gasteiger partial charge on any atom is -0.464 e. The third-order valence-electron chi connectivity index (χ3n) is 2.00. The van der Waals surface area contributed by atoms with Gasteiger partial charge in [0.1, 0.15) is 5.75 Å². The van der Waals surface area contributed by atoms with Crippen molar-refractivity contribution < 1.29 is 14.3 Å². The van der Waals surface area contributed by atoms with Gasteiger partial charge in [0.15, 0.2) is 0 Å². The summed E-state index contributed by atoms with van der Waals surface area (Å²) in [4.78, 5) is 15.4. The van der Waals surface area contributed by atoms with Crippen LogP contribution in [-0.4, -0.2) is 33.5 Å². The molecule has 0 bridgehead atoms. The van der Waals surface area contributed by atoms with Gasteiger partial charge in [0, 0.05) is 5.69 Å². The van der Waals surface area contributed by atoms with Crippen LogP contribution < -0.4 is 4.74 Å². The maximum absolute atomic E-state index is 11.3. The lowest BCUT2D eigenvalue weighted by Gasteiger charge is -2.03. The predicted octanol–water partition coefficient (Wildman–Crippen LogP) is 1.09. The summed E-state index contributed by atoms with van der Waals surface area (Å²) in [7, 11) is 1.26. The Hall–Kier alpha value is -2.44. The fraction of sp³-hybridized carbons (Fsp3) is 0.200. The van der Waals surface area contributed by atoms with E-state index in [9.17, 15) is 4.79 Å². The van der Waals surface area contributed by atoms with E-state index in [0.29, 0.717) is 5.75 Å². The second-order valence-corrected chi connectivity index (χ2v) is 3.22. The van der Waals surface area contributed by atoms with E-state index in [1.165, 1.54) is 13.3 Å². The smallest absolute Gasteiger partial charge is 0.364 e. The van der Waals surface area contributed by atoms with Gasteiger partial charge in [-0.25, -0.2) is 9.89 Å². The quantitative estimate of drug-likeness (QED) is 0.799. The van der Waals surface area contributed by atoms with Crippen molar-refractivity contribution in [1.82, 2.24) is 20.4 Å². The largest absolute Gasteiger partial charge is 0.464 e. The summed E-state index contributed by atoms with van der Waals surface area (Å²) in [5.74, 6) is -0.0110. The highest BCUT2D eigenvalue weighted by Gasteiger charge is 2.18. The summed E-state index contributed by atoms with van der Waals surface area (Å²) < 4.78 is 9.92. The molecule has 2 aromatic heterocycles. The first-order chi connectivity index (χ1) is 8.20. The third kappa shape index (κ3) is 2.39. The molecule has 2 rings (SSSR count). The molecule has 7 heteroatoms. The van der Waals surface area contributed by atoms with Crippen molar-refractivity contribution in [3.8, 4) is 11.6 Å². The molecule has 0 saturated heterocycles. The van der Waals surface area contributed by atoms with E-state index in [4.69, 9.17) is 4.74 Å². The number of rotatable bonds is 3. The van der Waals surface area contributed by atoms with Gasteiger partial charge >= 0.3 is 5.97 Å². The Bertz CT molecular complexity index is 521. The molecule has 88 valence electrons. The minimum atomic E-state index is -0.617. The fourth-order valence-corrected chi connectivity index (χ4v) is 1.15. The van der Waals surface area contributed by atoms with E-state index in [0.717, 1.165) is 5.69 Å². The van der Waals surface area contributed by atoms with Crippen LogP contribution in [0.5, 0.6) is 11.6 Å². The van der Waals surface area contributed by atoms with Crippen molar-refractivity contribution in [1.29, 1.82) is 0 Å². The van der Waals surface area contributed by atoms with E-state index in [2.05, 4.69) is 25.1 Å². The van der Waals surface area contributed by atoms with Gasteiger partial charge in [-0.3, -0.25) is 4.98 Å². The van der Waals surface area contributed by atoms with Crippen molar-refractivity contribution in [2.75, 3.05) is 7.11 Å². The van der Waals surface area contributed by atoms with Crippen LogP contribution in [0.4, 0.5) is 0 Å². The molecule has 0 aliphatic carbocycles. The molecule has 0 unspecified atom stereocenters. The molecule has 0 atom stereocenters. The van der Waals surface area contributed by atoms with Crippen LogP contribution >= 0.6 is 0 Å². The average Bonchev–Trinajstić information content (AvgIpc) is 2.79. The number of hydrogen-bond acceptors (Lipinski definition) is 6. The maximum Gasteiger partial charge on any atom is 0.364 e. The van der Waals surface area contributed by atoms with E-state index in [-0.39, 0.29) is 11.6 Å². The van der Waals surface area contributed by atoms with Crippen LogP contribution in [-0.2, 0) is 4.74 Å². The zero-order valence-electron chi connectivity index (χ0n) is 9.30. The number of methoxy groups -OCH3 is 1. The summed E-state index contributed by atoms with van der Waals surface area (Å²) in [5.41, 5.74) is 0.862. The molecule has 0 aliphatic heterocycles. The number of aryl methyl sites for hydroxylation is 1. The average molecular weight is 234 g/mol. The van der Waals surface area contributed by atoms with Crippen molar-refractivity contribution in [2.45, 2.75) is 6.92 Å². The molecule has 0 fully saturated rings. The van der Waals surface area contributed by atoms with Gasteiger partial charge in [-0.2, -0.15) is 0 Å². The van der Waals surface area contributed by atoms with Crippen molar-refractivity contribution in [3.63, 3.8) is 0 Å². The topological polar surface area (TPSA) is 90.0 Å². The van der Waals surface area contributed by atoms with Crippen LogP contribution in [0, 0.1) is 6.92 Å². The molecule has 2 aromatic rings. The lowest BCUT2D eigenvalue weighted by Crippen LogP contribution is -2.03. The Kier molecular flexibility index (Phi) is 2.99. The van der Waals surface area contributed by atoms with E-state index in [1.54, 1.807) is 12.1 Å². The van der Waals surface area contributed by atoms with Crippen LogP contribution in [0.25, 0.3) is 0 Å². The van der Waals surface area contributed by atoms with Crippen LogP contribution in [0.15, 0.2) is 18.3 Å². The summed E-state index contributed by atoms with van der Waals surface area (Å²) in [6, 6.07) is 3.52. The second kappa shape index (κ2) is 4.60. The highest BCUT2D eigenvalue weighted by molar-refractivity contribution is 5.89. The van der Waals surface area contributed by atoms with Gasteiger partial charge in [0.2, 0.25) is 5.69 Å². The SMILES string of the molecule is COC(=O)c1nn[nH]c1Oc1ccc(C)nc1. The summed E-state index contributed by atoms with van der Waals surface area (Å²) in [5, 5.41) is 9.53. The Morgan fingerprint density at radius 2 is 2.24 bits per heavy atom. The number of nitrogens with one attached hydrogen (secondary N) is 1. The number of carbonyl (C=O) groups excluding carboxylic acids is 1. The van der Waals surface area contributed by atoms with E-state index in [1.807, 2.05) is 6.92 Å². The Morgan fingerprint density at radius 1 is 1.41 bits per heavy atom. The van der Waals surface area contributed by atoms with E-state index >= 15 is 0 Å². The first-order valence-corrected chi connectivity index (χ1v) is 4.80. The molecule has 7 nitrogen and oxygen atoms in total. The van der Waals surface area contributed by atoms with Crippen molar-refractivity contribution in [3.05, 3.63) is 29.7 Å². The first-order valence-electron chi connectivity index (χ1n) is 4.80. The zero-order valence-corrected chi connectivity index (χ0v) is 9.30. The molecule has 0 spiro atoms. The molecule has 0 aliphatic rings. The molecular formula is C10H10N4O3. The number of esters is 1. The Balaban J connectivity index is 2.21. The molecule has 1 N–H and O–H groups in total. The van der Waals surface area contributed by atoms with Crippen LogP contribution in [0.2, 0.25) is 0 Å². The zero-order chi connectivity index (χ0) is 12.3. The monoisotopic (exact) mass is 234 g/mol. The highest BCUT2D eigenvalue weighted by Crippen LogP contribution is 2.20.